The summed E-state index contributed by atoms with van der Waals surface area (Å²) in [6.07, 6.45) is 7.00. The van der Waals surface area contributed by atoms with E-state index in [-0.39, 0.29) is 5.60 Å². The van der Waals surface area contributed by atoms with Gasteiger partial charge in [-0.25, -0.2) is 0 Å². The molecule has 0 aromatic carbocycles. The van der Waals surface area contributed by atoms with Gasteiger partial charge in [-0.3, -0.25) is 0 Å². The number of hydrogen-bond donors (Lipinski definition) is 1. The fraction of sp³-hybridized carbons (Fsp3) is 1.00. The topological polar surface area (TPSA) is 44.5 Å². The van der Waals surface area contributed by atoms with Gasteiger partial charge in [-0.05, 0) is 25.7 Å². The summed E-state index contributed by atoms with van der Waals surface area (Å²) in [5.41, 5.74) is 5.78. The van der Waals surface area contributed by atoms with Crippen molar-refractivity contribution in [3.8, 4) is 0 Å². The van der Waals surface area contributed by atoms with Crippen LogP contribution < -0.4 is 5.73 Å². The lowest BCUT2D eigenvalue weighted by atomic mass is 10.0. The Morgan fingerprint density at radius 1 is 1.14 bits per heavy atom. The first-order chi connectivity index (χ1) is 6.83. The lowest BCUT2D eigenvalue weighted by Gasteiger charge is -2.27. The third-order valence-corrected chi connectivity index (χ3v) is 3.04. The van der Waals surface area contributed by atoms with Crippen LogP contribution in [0.25, 0.3) is 0 Å². The molecule has 0 aromatic heterocycles. The van der Waals surface area contributed by atoms with Crippen LogP contribution in [0.15, 0.2) is 0 Å². The number of ether oxygens (including phenoxy) is 2. The molecular formula is C11H23NO2. The van der Waals surface area contributed by atoms with Gasteiger partial charge < -0.3 is 15.2 Å². The van der Waals surface area contributed by atoms with E-state index < -0.39 is 0 Å². The van der Waals surface area contributed by atoms with Crippen LogP contribution >= 0.6 is 0 Å². The minimum absolute atomic E-state index is 0.0209. The monoisotopic (exact) mass is 201 g/mol. The molecule has 0 aromatic rings. The van der Waals surface area contributed by atoms with Crippen molar-refractivity contribution >= 4 is 0 Å². The van der Waals surface area contributed by atoms with Crippen LogP contribution in [0.2, 0.25) is 0 Å². The molecule has 0 heterocycles. The summed E-state index contributed by atoms with van der Waals surface area (Å²) >= 11 is 0. The first-order valence-corrected chi connectivity index (χ1v) is 5.66. The number of hydrogen-bond acceptors (Lipinski definition) is 3. The molecule has 0 amide bonds. The van der Waals surface area contributed by atoms with Gasteiger partial charge in [0.15, 0.2) is 0 Å². The Morgan fingerprint density at radius 2 is 1.79 bits per heavy atom. The summed E-state index contributed by atoms with van der Waals surface area (Å²) in [5.74, 6) is 0. The van der Waals surface area contributed by atoms with Gasteiger partial charge in [-0.15, -0.1) is 0 Å². The molecule has 1 rings (SSSR count). The van der Waals surface area contributed by atoms with Gasteiger partial charge in [0, 0.05) is 26.9 Å². The van der Waals surface area contributed by atoms with Crippen molar-refractivity contribution in [3.63, 3.8) is 0 Å². The molecule has 0 bridgehead atoms. The van der Waals surface area contributed by atoms with E-state index in [1.807, 2.05) is 0 Å². The van der Waals surface area contributed by atoms with Crippen LogP contribution in [0.4, 0.5) is 0 Å². The van der Waals surface area contributed by atoms with Gasteiger partial charge in [0.05, 0.1) is 5.60 Å². The second-order valence-corrected chi connectivity index (χ2v) is 4.14. The smallest absolute Gasteiger partial charge is 0.0804 e. The van der Waals surface area contributed by atoms with Crippen molar-refractivity contribution < 1.29 is 9.47 Å². The van der Waals surface area contributed by atoms with Crippen LogP contribution in [0.3, 0.4) is 0 Å². The van der Waals surface area contributed by atoms with Crippen LogP contribution in [-0.4, -0.2) is 32.5 Å². The fourth-order valence-corrected chi connectivity index (χ4v) is 2.06. The lowest BCUT2D eigenvalue weighted by molar-refractivity contribution is -0.0362. The fourth-order valence-electron chi connectivity index (χ4n) is 2.06. The van der Waals surface area contributed by atoms with Crippen LogP contribution in [0.5, 0.6) is 0 Å². The molecule has 1 aliphatic carbocycles. The molecule has 0 aliphatic heterocycles. The molecule has 1 fully saturated rings. The maximum absolute atomic E-state index is 5.91. The Morgan fingerprint density at radius 3 is 2.36 bits per heavy atom. The van der Waals surface area contributed by atoms with E-state index in [9.17, 15) is 0 Å². The average Bonchev–Trinajstić information content (AvgIpc) is 2.67. The van der Waals surface area contributed by atoms with Crippen molar-refractivity contribution in [1.29, 1.82) is 0 Å². The summed E-state index contributed by atoms with van der Waals surface area (Å²) in [6.45, 7) is 2.34. The highest BCUT2D eigenvalue weighted by Gasteiger charge is 2.32. The van der Waals surface area contributed by atoms with Gasteiger partial charge in [0.2, 0.25) is 0 Å². The zero-order valence-corrected chi connectivity index (χ0v) is 9.26. The van der Waals surface area contributed by atoms with Crippen molar-refractivity contribution in [1.82, 2.24) is 0 Å². The summed E-state index contributed by atoms with van der Waals surface area (Å²) in [7, 11) is 1.74. The summed E-state index contributed by atoms with van der Waals surface area (Å²) in [4.78, 5) is 0. The SMILES string of the molecule is COCCCCOC1(CN)CCCC1. The lowest BCUT2D eigenvalue weighted by Crippen LogP contribution is -2.38. The molecule has 0 atom stereocenters. The van der Waals surface area contributed by atoms with E-state index in [4.69, 9.17) is 15.2 Å². The molecule has 0 unspecified atom stereocenters. The summed E-state index contributed by atoms with van der Waals surface area (Å²) < 4.78 is 10.9. The van der Waals surface area contributed by atoms with Gasteiger partial charge in [-0.1, -0.05) is 12.8 Å². The van der Waals surface area contributed by atoms with Gasteiger partial charge in [-0.2, -0.15) is 0 Å². The molecule has 0 spiro atoms. The molecular weight excluding hydrogens is 178 g/mol. The Bertz CT molecular complexity index is 144. The largest absolute Gasteiger partial charge is 0.385 e. The number of unbranched alkanes of at least 4 members (excludes halogenated alkanes) is 1. The highest BCUT2D eigenvalue weighted by Crippen LogP contribution is 2.32. The van der Waals surface area contributed by atoms with Crippen LogP contribution in [0, 0.1) is 0 Å². The normalized spacial score (nSPS) is 20.1. The molecule has 1 saturated carbocycles. The predicted molar refractivity (Wildman–Crippen MR) is 57.3 cm³/mol. The second kappa shape index (κ2) is 6.38. The number of rotatable bonds is 7. The van der Waals surface area contributed by atoms with E-state index in [0.29, 0.717) is 6.54 Å². The second-order valence-electron chi connectivity index (χ2n) is 4.14. The predicted octanol–water partition coefficient (Wildman–Crippen LogP) is 1.70. The highest BCUT2D eigenvalue weighted by atomic mass is 16.5. The average molecular weight is 201 g/mol. The van der Waals surface area contributed by atoms with E-state index in [0.717, 1.165) is 38.9 Å². The molecule has 2 N–H and O–H groups in total. The summed E-state index contributed by atoms with van der Waals surface area (Å²) in [5, 5.41) is 0. The third-order valence-electron chi connectivity index (χ3n) is 3.04. The molecule has 84 valence electrons. The molecule has 1 aliphatic rings. The Hall–Kier alpha value is -0.120. The molecule has 14 heavy (non-hydrogen) atoms. The van der Waals surface area contributed by atoms with Crippen molar-refractivity contribution in [2.75, 3.05) is 26.9 Å². The van der Waals surface area contributed by atoms with E-state index in [1.165, 1.54) is 12.8 Å². The molecule has 0 saturated heterocycles. The van der Waals surface area contributed by atoms with Gasteiger partial charge in [0.25, 0.3) is 0 Å². The summed E-state index contributed by atoms with van der Waals surface area (Å²) in [6, 6.07) is 0. The third kappa shape index (κ3) is 3.56. The van der Waals surface area contributed by atoms with Crippen molar-refractivity contribution in [2.24, 2.45) is 5.73 Å². The van der Waals surface area contributed by atoms with Gasteiger partial charge >= 0.3 is 0 Å². The number of methoxy groups -OCH3 is 1. The maximum Gasteiger partial charge on any atom is 0.0804 e. The standard InChI is InChI=1S/C11H23NO2/c1-13-8-4-5-9-14-11(10-12)6-2-3-7-11/h2-10,12H2,1H3. The molecule has 0 radical (unpaired) electrons. The Labute approximate surface area is 86.9 Å². The maximum atomic E-state index is 5.91. The van der Waals surface area contributed by atoms with E-state index >= 15 is 0 Å². The first-order valence-electron chi connectivity index (χ1n) is 5.66. The molecule has 3 heteroatoms. The quantitative estimate of drug-likeness (QED) is 0.638. The van der Waals surface area contributed by atoms with E-state index in [2.05, 4.69) is 0 Å². The number of nitrogens with two attached hydrogens (primary N) is 1. The zero-order valence-electron chi connectivity index (χ0n) is 9.26. The van der Waals surface area contributed by atoms with Crippen LogP contribution in [-0.2, 0) is 9.47 Å². The molecule has 3 nitrogen and oxygen atoms in total. The first kappa shape index (κ1) is 12.0. The van der Waals surface area contributed by atoms with Crippen molar-refractivity contribution in [2.45, 2.75) is 44.1 Å². The minimum atomic E-state index is 0.0209. The Kier molecular flexibility index (Phi) is 5.45. The van der Waals surface area contributed by atoms with Crippen LogP contribution in [0.1, 0.15) is 38.5 Å². The van der Waals surface area contributed by atoms with Gasteiger partial charge in [0.1, 0.15) is 0 Å². The van der Waals surface area contributed by atoms with E-state index in [1.54, 1.807) is 7.11 Å². The highest BCUT2D eigenvalue weighted by molar-refractivity contribution is 4.87. The zero-order chi connectivity index (χ0) is 10.3. The van der Waals surface area contributed by atoms with Crippen molar-refractivity contribution in [3.05, 3.63) is 0 Å². The Balaban J connectivity index is 2.08. The minimum Gasteiger partial charge on any atom is -0.385 e.